The first-order chi connectivity index (χ1) is 12.0. The summed E-state index contributed by atoms with van der Waals surface area (Å²) in [6.45, 7) is 2.27. The van der Waals surface area contributed by atoms with E-state index in [1.807, 2.05) is 6.92 Å². The Labute approximate surface area is 147 Å². The zero-order valence-electron chi connectivity index (χ0n) is 14.4. The van der Waals surface area contributed by atoms with Crippen LogP contribution in [0.25, 0.3) is 0 Å². The highest BCUT2D eigenvalue weighted by molar-refractivity contribution is 5.95. The lowest BCUT2D eigenvalue weighted by Crippen LogP contribution is -2.49. The molecule has 4 bridgehead atoms. The Morgan fingerprint density at radius 1 is 1.20 bits per heavy atom. The molecule has 4 aliphatic rings. The number of benzene rings is 1. The van der Waals surface area contributed by atoms with Crippen molar-refractivity contribution in [1.82, 2.24) is 0 Å². The summed E-state index contributed by atoms with van der Waals surface area (Å²) < 4.78 is 5.33. The first-order valence-electron chi connectivity index (χ1n) is 9.27. The monoisotopic (exact) mass is 344 g/mol. The summed E-state index contributed by atoms with van der Waals surface area (Å²) >= 11 is 0. The van der Waals surface area contributed by atoms with Crippen LogP contribution in [0.1, 0.15) is 39.0 Å². The molecular weight excluding hydrogens is 320 g/mol. The van der Waals surface area contributed by atoms with Crippen molar-refractivity contribution < 1.29 is 14.5 Å². The van der Waals surface area contributed by atoms with E-state index in [9.17, 15) is 14.9 Å². The minimum atomic E-state index is -0.463. The minimum absolute atomic E-state index is 0.0129. The number of nitrogens with one attached hydrogen (secondary N) is 1. The van der Waals surface area contributed by atoms with Crippen LogP contribution in [-0.4, -0.2) is 17.4 Å². The molecule has 6 heteroatoms. The quantitative estimate of drug-likeness (QED) is 0.646. The number of nitro groups is 1. The molecule has 0 saturated heterocycles. The van der Waals surface area contributed by atoms with Crippen LogP contribution in [-0.2, 0) is 4.79 Å². The van der Waals surface area contributed by atoms with Crippen LogP contribution in [0.3, 0.4) is 0 Å². The van der Waals surface area contributed by atoms with Gasteiger partial charge < -0.3 is 10.1 Å². The summed E-state index contributed by atoms with van der Waals surface area (Å²) in [5, 5.41) is 14.2. The fourth-order valence-electron chi connectivity index (χ4n) is 5.59. The maximum absolute atomic E-state index is 12.9. The van der Waals surface area contributed by atoms with Gasteiger partial charge in [-0.25, -0.2) is 0 Å². The van der Waals surface area contributed by atoms with E-state index in [0.29, 0.717) is 24.2 Å². The highest BCUT2D eigenvalue weighted by atomic mass is 16.6. The Bertz CT molecular complexity index is 675. The molecule has 1 aromatic carbocycles. The molecule has 6 nitrogen and oxygen atoms in total. The average molecular weight is 344 g/mol. The van der Waals surface area contributed by atoms with Crippen LogP contribution in [0.2, 0.25) is 0 Å². The van der Waals surface area contributed by atoms with Crippen molar-refractivity contribution in [3.63, 3.8) is 0 Å². The molecule has 1 aromatic rings. The van der Waals surface area contributed by atoms with Gasteiger partial charge in [-0.2, -0.15) is 0 Å². The average Bonchev–Trinajstić information content (AvgIpc) is 2.55. The number of anilines is 1. The van der Waals surface area contributed by atoms with Crippen LogP contribution < -0.4 is 10.1 Å². The molecule has 0 aromatic heterocycles. The molecular formula is C19H24N2O4. The van der Waals surface area contributed by atoms with Gasteiger partial charge in [0.05, 0.1) is 17.6 Å². The number of amides is 1. The zero-order chi connectivity index (χ0) is 17.6. The molecule has 0 aliphatic heterocycles. The van der Waals surface area contributed by atoms with Crippen molar-refractivity contribution in [3.05, 3.63) is 28.3 Å². The number of carbonyl (C=O) groups is 1. The lowest BCUT2D eigenvalue weighted by molar-refractivity contribution is -0.384. The molecule has 0 spiro atoms. The number of rotatable bonds is 5. The number of ether oxygens (including phenoxy) is 1. The van der Waals surface area contributed by atoms with Gasteiger partial charge in [-0.15, -0.1) is 0 Å². The normalized spacial score (nSPS) is 32.4. The van der Waals surface area contributed by atoms with Gasteiger partial charge >= 0.3 is 0 Å². The fourth-order valence-corrected chi connectivity index (χ4v) is 5.59. The lowest BCUT2D eigenvalue weighted by Gasteiger charge is -2.53. The summed E-state index contributed by atoms with van der Waals surface area (Å²) in [7, 11) is 0. The number of carbonyl (C=O) groups excluding carboxylic acids is 1. The molecule has 5 rings (SSSR count). The van der Waals surface area contributed by atoms with E-state index >= 15 is 0 Å². The van der Waals surface area contributed by atoms with Gasteiger partial charge in [0.25, 0.3) is 5.69 Å². The molecule has 0 unspecified atom stereocenters. The summed E-state index contributed by atoms with van der Waals surface area (Å²) in [6.07, 6.45) is 5.94. The number of hydrogen-bond acceptors (Lipinski definition) is 4. The topological polar surface area (TPSA) is 81.5 Å². The predicted molar refractivity (Wildman–Crippen MR) is 93.4 cm³/mol. The second-order valence-corrected chi connectivity index (χ2v) is 7.81. The number of hydrogen-bond donors (Lipinski definition) is 1. The van der Waals surface area contributed by atoms with Crippen LogP contribution >= 0.6 is 0 Å². The molecule has 1 N–H and O–H groups in total. The highest BCUT2D eigenvalue weighted by Gasteiger charge is 2.50. The van der Waals surface area contributed by atoms with Crippen molar-refractivity contribution in [2.24, 2.45) is 29.6 Å². The lowest BCUT2D eigenvalue weighted by atomic mass is 9.51. The third kappa shape index (κ3) is 2.98. The highest BCUT2D eigenvalue weighted by Crippen LogP contribution is 2.56. The van der Waals surface area contributed by atoms with E-state index in [4.69, 9.17) is 4.74 Å². The smallest absolute Gasteiger partial charge is 0.296 e. The molecule has 25 heavy (non-hydrogen) atoms. The summed E-state index contributed by atoms with van der Waals surface area (Å²) in [6, 6.07) is 4.64. The first-order valence-corrected chi connectivity index (χ1v) is 9.27. The molecule has 134 valence electrons. The van der Waals surface area contributed by atoms with E-state index in [2.05, 4.69) is 5.32 Å². The van der Waals surface area contributed by atoms with E-state index in [1.165, 1.54) is 12.5 Å². The largest absolute Gasteiger partial charge is 0.494 e. The van der Waals surface area contributed by atoms with Crippen LogP contribution in [0.5, 0.6) is 5.75 Å². The fraction of sp³-hybridized carbons (Fsp3) is 0.632. The Balaban J connectivity index is 1.54. The van der Waals surface area contributed by atoms with Crippen LogP contribution in [0, 0.1) is 39.7 Å². The van der Waals surface area contributed by atoms with Crippen LogP contribution in [0.15, 0.2) is 18.2 Å². The molecule has 0 radical (unpaired) electrons. The van der Waals surface area contributed by atoms with Gasteiger partial charge in [-0.1, -0.05) is 0 Å². The Hall–Kier alpha value is -2.11. The predicted octanol–water partition coefficient (Wildman–Crippen LogP) is 4.00. The molecule has 1 amide bonds. The standard InChI is InChI=1S/C19H24N2O4/c1-2-25-15-3-4-16(17(10-15)21(23)24)20-19(22)18-13-6-11-5-12(8-13)9-14(18)7-11/h3-4,10-14,18H,2,5-9H2,1H3,(H,20,22). The van der Waals surface area contributed by atoms with Gasteiger partial charge in [-0.3, -0.25) is 14.9 Å². The summed E-state index contributed by atoms with van der Waals surface area (Å²) in [5.41, 5.74) is 0.162. The van der Waals surface area contributed by atoms with Crippen molar-refractivity contribution >= 4 is 17.3 Å². The van der Waals surface area contributed by atoms with Crippen molar-refractivity contribution in [3.8, 4) is 5.75 Å². The minimum Gasteiger partial charge on any atom is -0.494 e. The molecule has 0 atom stereocenters. The van der Waals surface area contributed by atoms with Crippen LogP contribution in [0.4, 0.5) is 11.4 Å². The third-order valence-electron chi connectivity index (χ3n) is 6.26. The molecule has 4 aliphatic carbocycles. The number of nitrogens with zero attached hydrogens (tertiary/aromatic N) is 1. The van der Waals surface area contributed by atoms with Gasteiger partial charge in [0.1, 0.15) is 11.4 Å². The van der Waals surface area contributed by atoms with E-state index in [1.54, 1.807) is 12.1 Å². The van der Waals surface area contributed by atoms with Gasteiger partial charge in [-0.05, 0) is 74.8 Å². The van der Waals surface area contributed by atoms with E-state index < -0.39 is 4.92 Å². The Morgan fingerprint density at radius 2 is 1.84 bits per heavy atom. The van der Waals surface area contributed by atoms with Crippen molar-refractivity contribution in [1.29, 1.82) is 0 Å². The van der Waals surface area contributed by atoms with Gasteiger partial charge in [0.2, 0.25) is 5.91 Å². The number of nitro benzene ring substituents is 1. The SMILES string of the molecule is CCOc1ccc(NC(=O)C2C3CC4CC(C3)CC2C4)c([N+](=O)[O-])c1. The van der Waals surface area contributed by atoms with Gasteiger partial charge in [0, 0.05) is 5.92 Å². The Kier molecular flexibility index (Phi) is 4.13. The molecule has 4 saturated carbocycles. The maximum atomic E-state index is 12.9. The third-order valence-corrected chi connectivity index (χ3v) is 6.26. The maximum Gasteiger partial charge on any atom is 0.296 e. The van der Waals surface area contributed by atoms with E-state index in [0.717, 1.165) is 37.5 Å². The first kappa shape index (κ1) is 16.4. The second-order valence-electron chi connectivity index (χ2n) is 7.81. The summed E-state index contributed by atoms with van der Waals surface area (Å²) in [4.78, 5) is 23.8. The second kappa shape index (κ2) is 6.32. The zero-order valence-corrected chi connectivity index (χ0v) is 14.4. The van der Waals surface area contributed by atoms with Crippen molar-refractivity contribution in [2.45, 2.75) is 39.0 Å². The summed E-state index contributed by atoms with van der Waals surface area (Å²) in [5.74, 6) is 2.93. The van der Waals surface area contributed by atoms with E-state index in [-0.39, 0.29) is 23.2 Å². The Morgan fingerprint density at radius 3 is 2.40 bits per heavy atom. The molecule has 0 heterocycles. The van der Waals surface area contributed by atoms with Crippen molar-refractivity contribution in [2.75, 3.05) is 11.9 Å². The molecule has 4 fully saturated rings. The van der Waals surface area contributed by atoms with Gasteiger partial charge in [0.15, 0.2) is 0 Å².